The number of carbonyl (C=O) groups is 2. The van der Waals surface area contributed by atoms with E-state index >= 15 is 0 Å². The van der Waals surface area contributed by atoms with Crippen LogP contribution in [0.25, 0.3) is 6.08 Å². The van der Waals surface area contributed by atoms with E-state index < -0.39 is 5.97 Å². The highest BCUT2D eigenvalue weighted by Crippen LogP contribution is 2.14. The molecule has 0 radical (unpaired) electrons. The molecule has 0 aliphatic heterocycles. The minimum atomic E-state index is -0.594. The Morgan fingerprint density at radius 1 is 1.11 bits per heavy atom. The van der Waals surface area contributed by atoms with Crippen LogP contribution >= 0.6 is 0 Å². The number of esters is 1. The zero-order valence-electron chi connectivity index (χ0n) is 16.1. The summed E-state index contributed by atoms with van der Waals surface area (Å²) in [5.41, 5.74) is 3.75. The van der Waals surface area contributed by atoms with E-state index in [9.17, 15) is 9.59 Å². The van der Waals surface area contributed by atoms with E-state index in [-0.39, 0.29) is 12.5 Å². The molecule has 144 valence electrons. The highest BCUT2D eigenvalue weighted by molar-refractivity contribution is 5.89. The van der Waals surface area contributed by atoms with E-state index in [1.165, 1.54) is 11.6 Å². The fourth-order valence-electron chi connectivity index (χ4n) is 2.48. The molecule has 0 aromatic heterocycles. The molecule has 0 atom stereocenters. The summed E-state index contributed by atoms with van der Waals surface area (Å²) in [6.45, 7) is 4.47. The number of nitriles is 1. The predicted molar refractivity (Wildman–Crippen MR) is 108 cm³/mol. The summed E-state index contributed by atoms with van der Waals surface area (Å²) in [5.74, 6) is -0.433. The third-order valence-electron chi connectivity index (χ3n) is 4.18. The van der Waals surface area contributed by atoms with Crippen molar-refractivity contribution in [2.45, 2.75) is 26.2 Å². The minimum absolute atomic E-state index is 0.317. The summed E-state index contributed by atoms with van der Waals surface area (Å²) in [6, 6.07) is 17.1. The lowest BCUT2D eigenvalue weighted by Gasteiger charge is -2.08. The van der Waals surface area contributed by atoms with Gasteiger partial charge >= 0.3 is 5.97 Å². The lowest BCUT2D eigenvalue weighted by atomic mass is 10.0. The average molecular weight is 376 g/mol. The second-order valence-corrected chi connectivity index (χ2v) is 6.67. The van der Waals surface area contributed by atoms with Crippen LogP contribution in [0.4, 0.5) is 0 Å². The molecular formula is C23H24N2O3. The van der Waals surface area contributed by atoms with E-state index in [1.807, 2.05) is 6.07 Å². The molecule has 5 nitrogen and oxygen atoms in total. The van der Waals surface area contributed by atoms with Gasteiger partial charge in [0.2, 0.25) is 0 Å². The van der Waals surface area contributed by atoms with Crippen LogP contribution in [0.2, 0.25) is 0 Å². The van der Waals surface area contributed by atoms with Gasteiger partial charge in [-0.25, -0.2) is 4.79 Å². The van der Waals surface area contributed by atoms with Crippen LogP contribution in [0.3, 0.4) is 0 Å². The van der Waals surface area contributed by atoms with Crippen molar-refractivity contribution in [3.63, 3.8) is 0 Å². The van der Waals surface area contributed by atoms with Crippen molar-refractivity contribution >= 4 is 18.0 Å². The second kappa shape index (κ2) is 10.7. The molecular weight excluding hydrogens is 352 g/mol. The molecule has 28 heavy (non-hydrogen) atoms. The Balaban J connectivity index is 1.67. The first-order chi connectivity index (χ1) is 13.5. The third kappa shape index (κ3) is 7.08. The normalized spacial score (nSPS) is 10.6. The highest BCUT2D eigenvalue weighted by Gasteiger charge is 2.05. The molecule has 0 aliphatic rings. The fourth-order valence-corrected chi connectivity index (χ4v) is 2.48. The Bertz CT molecular complexity index is 860. The molecule has 0 heterocycles. The Hall–Kier alpha value is -3.39. The standard InChI is InChI=1S/C23H24N2O3/c1-17(2)21-10-7-19(8-11-21)13-14-25-22(26)16-28-23(27)12-9-18-3-5-20(15-24)6-4-18/h3-12,17H,13-14,16H2,1-2H3,(H,25,26)/b12-9+. The number of rotatable bonds is 8. The lowest BCUT2D eigenvalue weighted by Crippen LogP contribution is -2.30. The maximum Gasteiger partial charge on any atom is 0.331 e. The minimum Gasteiger partial charge on any atom is -0.452 e. The van der Waals surface area contributed by atoms with E-state index in [2.05, 4.69) is 43.4 Å². The highest BCUT2D eigenvalue weighted by atomic mass is 16.5. The van der Waals surface area contributed by atoms with Gasteiger partial charge in [-0.1, -0.05) is 50.2 Å². The molecule has 0 fully saturated rings. The summed E-state index contributed by atoms with van der Waals surface area (Å²) < 4.78 is 4.93. The fraction of sp³-hybridized carbons (Fsp3) is 0.261. The summed E-state index contributed by atoms with van der Waals surface area (Å²) in [4.78, 5) is 23.5. The Morgan fingerprint density at radius 3 is 2.39 bits per heavy atom. The number of hydrogen-bond acceptors (Lipinski definition) is 4. The number of ether oxygens (including phenoxy) is 1. The van der Waals surface area contributed by atoms with Gasteiger partial charge in [0.25, 0.3) is 5.91 Å². The largest absolute Gasteiger partial charge is 0.452 e. The van der Waals surface area contributed by atoms with Crippen LogP contribution in [0.15, 0.2) is 54.6 Å². The van der Waals surface area contributed by atoms with E-state index in [4.69, 9.17) is 10.00 Å². The number of nitrogens with zero attached hydrogens (tertiary/aromatic N) is 1. The molecule has 0 saturated heterocycles. The number of amides is 1. The second-order valence-electron chi connectivity index (χ2n) is 6.67. The number of benzene rings is 2. The summed E-state index contributed by atoms with van der Waals surface area (Å²) >= 11 is 0. The molecule has 0 bridgehead atoms. The lowest BCUT2D eigenvalue weighted by molar-refractivity contribution is -0.143. The van der Waals surface area contributed by atoms with Crippen LogP contribution in [0.1, 0.15) is 42.0 Å². The van der Waals surface area contributed by atoms with E-state index in [0.29, 0.717) is 18.0 Å². The SMILES string of the molecule is CC(C)c1ccc(CCNC(=O)COC(=O)/C=C/c2ccc(C#N)cc2)cc1. The Morgan fingerprint density at radius 2 is 1.79 bits per heavy atom. The van der Waals surface area contributed by atoms with Crippen molar-refractivity contribution in [3.05, 3.63) is 76.9 Å². The van der Waals surface area contributed by atoms with E-state index in [1.54, 1.807) is 30.3 Å². The molecule has 0 saturated carbocycles. The van der Waals surface area contributed by atoms with Crippen molar-refractivity contribution < 1.29 is 14.3 Å². The van der Waals surface area contributed by atoms with Gasteiger partial charge in [-0.2, -0.15) is 5.26 Å². The van der Waals surface area contributed by atoms with Crippen molar-refractivity contribution in [2.24, 2.45) is 0 Å². The van der Waals surface area contributed by atoms with Crippen LogP contribution < -0.4 is 5.32 Å². The van der Waals surface area contributed by atoms with Crippen molar-refractivity contribution in [1.29, 1.82) is 5.26 Å². The van der Waals surface area contributed by atoms with Crippen LogP contribution in [0, 0.1) is 11.3 Å². The van der Waals surface area contributed by atoms with E-state index in [0.717, 1.165) is 17.5 Å². The number of nitrogens with one attached hydrogen (secondary N) is 1. The van der Waals surface area contributed by atoms with Crippen molar-refractivity contribution in [3.8, 4) is 6.07 Å². The number of carbonyl (C=O) groups excluding carboxylic acids is 2. The van der Waals surface area contributed by atoms with Gasteiger partial charge < -0.3 is 10.1 Å². The molecule has 5 heteroatoms. The molecule has 0 aliphatic carbocycles. The molecule has 0 spiro atoms. The maximum atomic E-state index is 11.8. The summed E-state index contributed by atoms with van der Waals surface area (Å²) in [7, 11) is 0. The third-order valence-corrected chi connectivity index (χ3v) is 4.18. The van der Waals surface area contributed by atoms with Crippen molar-refractivity contribution in [2.75, 3.05) is 13.2 Å². The van der Waals surface area contributed by atoms with Gasteiger partial charge in [0.1, 0.15) is 0 Å². The van der Waals surface area contributed by atoms with Gasteiger partial charge in [-0.3, -0.25) is 4.79 Å². The van der Waals surface area contributed by atoms with Crippen molar-refractivity contribution in [1.82, 2.24) is 5.32 Å². The first kappa shape index (κ1) is 20.9. The molecule has 1 amide bonds. The first-order valence-electron chi connectivity index (χ1n) is 9.18. The molecule has 1 N–H and O–H groups in total. The van der Waals surface area contributed by atoms with Crippen LogP contribution in [-0.2, 0) is 20.7 Å². The molecule has 2 rings (SSSR count). The summed E-state index contributed by atoms with van der Waals surface area (Å²) in [6.07, 6.45) is 3.55. The van der Waals surface area contributed by atoms with Gasteiger partial charge in [0.05, 0.1) is 11.6 Å². The van der Waals surface area contributed by atoms with Gasteiger partial charge in [-0.05, 0) is 47.2 Å². The molecule has 0 unspecified atom stereocenters. The predicted octanol–water partition coefficient (Wildman–Crippen LogP) is 3.60. The first-order valence-corrected chi connectivity index (χ1v) is 9.18. The van der Waals surface area contributed by atoms with Gasteiger partial charge in [0.15, 0.2) is 6.61 Å². The zero-order valence-corrected chi connectivity index (χ0v) is 16.1. The maximum absolute atomic E-state index is 11.8. The monoisotopic (exact) mass is 376 g/mol. The number of hydrogen-bond donors (Lipinski definition) is 1. The Kier molecular flexibility index (Phi) is 7.98. The molecule has 2 aromatic carbocycles. The quantitative estimate of drug-likeness (QED) is 0.564. The van der Waals surface area contributed by atoms with Crippen LogP contribution in [-0.4, -0.2) is 25.0 Å². The zero-order chi connectivity index (χ0) is 20.4. The topological polar surface area (TPSA) is 79.2 Å². The average Bonchev–Trinajstić information content (AvgIpc) is 2.71. The molecule has 2 aromatic rings. The smallest absolute Gasteiger partial charge is 0.331 e. The summed E-state index contributed by atoms with van der Waals surface area (Å²) in [5, 5.41) is 11.5. The van der Waals surface area contributed by atoms with Gasteiger partial charge in [-0.15, -0.1) is 0 Å². The Labute approximate surface area is 165 Å². The van der Waals surface area contributed by atoms with Gasteiger partial charge in [0, 0.05) is 12.6 Å². The van der Waals surface area contributed by atoms with Crippen LogP contribution in [0.5, 0.6) is 0 Å².